The average molecular weight is 280 g/mol. The number of carbonyl (C=O) groups is 1. The van der Waals surface area contributed by atoms with Crippen LogP contribution in [0.4, 0.5) is 0 Å². The van der Waals surface area contributed by atoms with Crippen molar-refractivity contribution in [3.63, 3.8) is 0 Å². The Bertz CT molecular complexity index is 318. The summed E-state index contributed by atoms with van der Waals surface area (Å²) in [4.78, 5) is 12.1. The first kappa shape index (κ1) is 15.8. The van der Waals surface area contributed by atoms with Crippen LogP contribution >= 0.6 is 0 Å². The number of hydrogen-bond acceptors (Lipinski definition) is 2. The summed E-state index contributed by atoms with van der Waals surface area (Å²) in [5, 5.41) is 3.26. The minimum absolute atomic E-state index is 0.246. The Balaban J connectivity index is 1.68. The number of rotatable bonds is 8. The standard InChI is InChI=1S/C17H32N2O/c1-3-13(8-9-18)5-7-17(20)19-12(2)16-11-14-4-6-15(16)10-14/h12-16H,3-11,18H2,1-2H3,(H,19,20). The number of nitrogens with one attached hydrogen (secondary N) is 1. The van der Waals surface area contributed by atoms with Gasteiger partial charge < -0.3 is 11.1 Å². The molecule has 0 aromatic heterocycles. The van der Waals surface area contributed by atoms with E-state index in [-0.39, 0.29) is 5.91 Å². The van der Waals surface area contributed by atoms with Gasteiger partial charge in [0.05, 0.1) is 0 Å². The third-order valence-electron chi connectivity index (χ3n) is 5.76. The van der Waals surface area contributed by atoms with Crippen LogP contribution < -0.4 is 11.1 Å². The van der Waals surface area contributed by atoms with Crippen LogP contribution in [-0.4, -0.2) is 18.5 Å². The lowest BCUT2D eigenvalue weighted by Crippen LogP contribution is -2.40. The van der Waals surface area contributed by atoms with Gasteiger partial charge in [0.2, 0.25) is 5.91 Å². The average Bonchev–Trinajstić information content (AvgIpc) is 3.05. The van der Waals surface area contributed by atoms with Crippen LogP contribution in [0.2, 0.25) is 0 Å². The summed E-state index contributed by atoms with van der Waals surface area (Å²) in [6.45, 7) is 5.14. The Morgan fingerprint density at radius 1 is 1.30 bits per heavy atom. The Morgan fingerprint density at radius 2 is 2.10 bits per heavy atom. The predicted molar refractivity (Wildman–Crippen MR) is 83.2 cm³/mol. The normalized spacial score (nSPS) is 31.2. The molecule has 0 aliphatic heterocycles. The van der Waals surface area contributed by atoms with Crippen LogP contribution in [0, 0.1) is 23.7 Å². The molecule has 116 valence electrons. The highest BCUT2D eigenvalue weighted by molar-refractivity contribution is 5.76. The molecule has 2 fully saturated rings. The molecule has 1 amide bonds. The van der Waals surface area contributed by atoms with Crippen molar-refractivity contribution in [2.75, 3.05) is 6.54 Å². The van der Waals surface area contributed by atoms with Crippen molar-refractivity contribution in [3.05, 3.63) is 0 Å². The van der Waals surface area contributed by atoms with E-state index in [0.29, 0.717) is 18.4 Å². The molecule has 3 nitrogen and oxygen atoms in total. The summed E-state index contributed by atoms with van der Waals surface area (Å²) in [6.07, 6.45) is 9.42. The SMILES string of the molecule is CCC(CCN)CCC(=O)NC(C)C1CC2CCC1C2. The molecule has 3 N–H and O–H groups in total. The van der Waals surface area contributed by atoms with Gasteiger partial charge >= 0.3 is 0 Å². The minimum Gasteiger partial charge on any atom is -0.353 e. The summed E-state index contributed by atoms with van der Waals surface area (Å²) in [6, 6.07) is 0.368. The molecular weight excluding hydrogens is 248 g/mol. The first-order chi connectivity index (χ1) is 9.63. The van der Waals surface area contributed by atoms with Crippen molar-refractivity contribution in [1.82, 2.24) is 5.32 Å². The van der Waals surface area contributed by atoms with Gasteiger partial charge in [-0.3, -0.25) is 4.79 Å². The molecule has 2 saturated carbocycles. The molecule has 3 heteroatoms. The van der Waals surface area contributed by atoms with E-state index in [0.717, 1.165) is 43.6 Å². The van der Waals surface area contributed by atoms with Crippen LogP contribution in [0.1, 0.15) is 65.2 Å². The van der Waals surface area contributed by atoms with Gasteiger partial charge in [-0.15, -0.1) is 0 Å². The second-order valence-electron chi connectivity index (χ2n) is 7.09. The predicted octanol–water partition coefficient (Wildman–Crippen LogP) is 3.08. The molecule has 5 atom stereocenters. The summed E-state index contributed by atoms with van der Waals surface area (Å²) in [5.41, 5.74) is 5.61. The fourth-order valence-electron chi connectivity index (χ4n) is 4.46. The smallest absolute Gasteiger partial charge is 0.220 e. The Hall–Kier alpha value is -0.570. The molecule has 0 aromatic rings. The van der Waals surface area contributed by atoms with Crippen LogP contribution in [0.15, 0.2) is 0 Å². The minimum atomic E-state index is 0.246. The van der Waals surface area contributed by atoms with E-state index in [1.54, 1.807) is 0 Å². The molecule has 2 aliphatic rings. The van der Waals surface area contributed by atoms with Crippen molar-refractivity contribution in [2.45, 2.75) is 71.3 Å². The zero-order chi connectivity index (χ0) is 14.5. The zero-order valence-corrected chi connectivity index (χ0v) is 13.2. The molecular formula is C17H32N2O. The molecule has 20 heavy (non-hydrogen) atoms. The van der Waals surface area contributed by atoms with Gasteiger partial charge in [-0.05, 0) is 69.2 Å². The van der Waals surface area contributed by atoms with Gasteiger partial charge in [0.1, 0.15) is 0 Å². The lowest BCUT2D eigenvalue weighted by molar-refractivity contribution is -0.122. The third-order valence-corrected chi connectivity index (χ3v) is 5.76. The second-order valence-corrected chi connectivity index (χ2v) is 7.09. The summed E-state index contributed by atoms with van der Waals surface area (Å²) < 4.78 is 0. The van der Waals surface area contributed by atoms with Crippen molar-refractivity contribution < 1.29 is 4.79 Å². The monoisotopic (exact) mass is 280 g/mol. The first-order valence-electron chi connectivity index (χ1n) is 8.63. The quantitative estimate of drug-likeness (QED) is 0.718. The van der Waals surface area contributed by atoms with Gasteiger partial charge in [-0.1, -0.05) is 19.8 Å². The van der Waals surface area contributed by atoms with Gasteiger partial charge in [-0.2, -0.15) is 0 Å². The number of carbonyl (C=O) groups excluding carboxylic acids is 1. The van der Waals surface area contributed by atoms with Crippen molar-refractivity contribution in [1.29, 1.82) is 0 Å². The summed E-state index contributed by atoms with van der Waals surface area (Å²) in [7, 11) is 0. The number of amides is 1. The zero-order valence-electron chi connectivity index (χ0n) is 13.2. The maximum absolute atomic E-state index is 12.1. The fraction of sp³-hybridized carbons (Fsp3) is 0.941. The van der Waals surface area contributed by atoms with Crippen LogP contribution in [-0.2, 0) is 4.79 Å². The van der Waals surface area contributed by atoms with E-state index in [4.69, 9.17) is 5.73 Å². The number of nitrogens with two attached hydrogens (primary N) is 1. The maximum atomic E-state index is 12.1. The van der Waals surface area contributed by atoms with E-state index < -0.39 is 0 Å². The Morgan fingerprint density at radius 3 is 2.65 bits per heavy atom. The van der Waals surface area contributed by atoms with E-state index in [2.05, 4.69) is 19.2 Å². The van der Waals surface area contributed by atoms with Crippen LogP contribution in [0.25, 0.3) is 0 Å². The summed E-state index contributed by atoms with van der Waals surface area (Å²) >= 11 is 0. The summed E-state index contributed by atoms with van der Waals surface area (Å²) in [5.74, 6) is 3.44. The van der Waals surface area contributed by atoms with Crippen molar-refractivity contribution >= 4 is 5.91 Å². The molecule has 0 heterocycles. The van der Waals surface area contributed by atoms with Gasteiger partial charge in [-0.25, -0.2) is 0 Å². The number of hydrogen-bond donors (Lipinski definition) is 2. The van der Waals surface area contributed by atoms with Crippen LogP contribution in [0.3, 0.4) is 0 Å². The highest BCUT2D eigenvalue weighted by Crippen LogP contribution is 2.49. The molecule has 0 spiro atoms. The topological polar surface area (TPSA) is 55.1 Å². The van der Waals surface area contributed by atoms with Gasteiger partial charge in [0.25, 0.3) is 0 Å². The van der Waals surface area contributed by atoms with Crippen LogP contribution in [0.5, 0.6) is 0 Å². The number of fused-ring (bicyclic) bond motifs is 2. The van der Waals surface area contributed by atoms with Crippen molar-refractivity contribution in [3.8, 4) is 0 Å². The van der Waals surface area contributed by atoms with E-state index in [1.807, 2.05) is 0 Å². The Labute approximate surface area is 124 Å². The van der Waals surface area contributed by atoms with Crippen molar-refractivity contribution in [2.24, 2.45) is 29.4 Å². The second kappa shape index (κ2) is 7.44. The Kier molecular flexibility index (Phi) is 5.88. The van der Waals surface area contributed by atoms with E-state index in [1.165, 1.54) is 25.7 Å². The molecule has 0 radical (unpaired) electrons. The van der Waals surface area contributed by atoms with E-state index in [9.17, 15) is 4.79 Å². The lowest BCUT2D eigenvalue weighted by Gasteiger charge is -2.28. The highest BCUT2D eigenvalue weighted by atomic mass is 16.1. The first-order valence-corrected chi connectivity index (χ1v) is 8.63. The maximum Gasteiger partial charge on any atom is 0.220 e. The fourth-order valence-corrected chi connectivity index (χ4v) is 4.46. The van der Waals surface area contributed by atoms with Gasteiger partial charge in [0.15, 0.2) is 0 Å². The highest BCUT2D eigenvalue weighted by Gasteiger charge is 2.42. The molecule has 0 aromatic carbocycles. The molecule has 0 saturated heterocycles. The molecule has 2 aliphatic carbocycles. The van der Waals surface area contributed by atoms with Gasteiger partial charge in [0, 0.05) is 12.5 Å². The molecule has 2 rings (SSSR count). The lowest BCUT2D eigenvalue weighted by atomic mass is 9.84. The molecule has 5 unspecified atom stereocenters. The van der Waals surface area contributed by atoms with E-state index >= 15 is 0 Å². The molecule has 2 bridgehead atoms. The largest absolute Gasteiger partial charge is 0.353 e. The third kappa shape index (κ3) is 3.97.